The highest BCUT2D eigenvalue weighted by Gasteiger charge is 2.27. The monoisotopic (exact) mass is 569 g/mol. The van der Waals surface area contributed by atoms with Crippen LogP contribution in [0.1, 0.15) is 43.0 Å². The van der Waals surface area contributed by atoms with Gasteiger partial charge in [-0.2, -0.15) is 0 Å². The van der Waals surface area contributed by atoms with Crippen molar-refractivity contribution in [1.29, 1.82) is 0 Å². The second-order valence-electron chi connectivity index (χ2n) is 10.6. The Balaban J connectivity index is 1.43. The predicted molar refractivity (Wildman–Crippen MR) is 166 cm³/mol. The molecule has 3 aromatic rings. The first kappa shape index (κ1) is 30.1. The molecule has 3 amide bonds. The highest BCUT2D eigenvalue weighted by Crippen LogP contribution is 2.33. The summed E-state index contributed by atoms with van der Waals surface area (Å²) in [5.41, 5.74) is 12.8. The molecule has 0 saturated carbocycles. The first-order valence-electron chi connectivity index (χ1n) is 14.1. The zero-order chi connectivity index (χ0) is 30.2. The molecule has 1 heterocycles. The van der Waals surface area contributed by atoms with E-state index in [0.717, 1.165) is 34.4 Å². The number of aryl methyl sites for hydroxylation is 1. The van der Waals surface area contributed by atoms with Gasteiger partial charge in [-0.1, -0.05) is 75.4 Å². The van der Waals surface area contributed by atoms with Gasteiger partial charge >= 0.3 is 0 Å². The van der Waals surface area contributed by atoms with E-state index in [9.17, 15) is 14.4 Å². The quantitative estimate of drug-likeness (QED) is 0.162. The number of rotatable bonds is 10. The largest absolute Gasteiger partial charge is 0.396 e. The standard InChI is InChI=1S/C32H39N7O3/c1-4-21-13-15-23(16-14-21)37-27(40)18-36-32(42)30(20(2)3)38-28(41)19-39(34)31-25-11-7-8-12-26(25)35-17-22-9-5-6-10-24(22)29(31)33/h5-16,20,30,35H,4,17-19,33-34H2,1-3H3,(H,36,42)(H,37,40)(H,38,41)/b31-29-. The number of carbonyl (C=O) groups excluding carboxylic acids is 3. The van der Waals surface area contributed by atoms with Crippen LogP contribution in [0.15, 0.2) is 72.8 Å². The summed E-state index contributed by atoms with van der Waals surface area (Å²) in [5.74, 6) is 4.96. The number of nitrogens with two attached hydrogens (primary N) is 2. The van der Waals surface area contributed by atoms with Crippen molar-refractivity contribution in [2.24, 2.45) is 17.5 Å². The van der Waals surface area contributed by atoms with E-state index in [4.69, 9.17) is 11.6 Å². The molecular weight excluding hydrogens is 530 g/mol. The van der Waals surface area contributed by atoms with Gasteiger partial charge in [0, 0.05) is 29.0 Å². The third kappa shape index (κ3) is 7.27. The van der Waals surface area contributed by atoms with Crippen LogP contribution in [0.3, 0.4) is 0 Å². The fourth-order valence-electron chi connectivity index (χ4n) is 4.85. The third-order valence-electron chi connectivity index (χ3n) is 7.15. The first-order chi connectivity index (χ1) is 20.2. The fraction of sp³-hybridized carbons (Fsp3) is 0.281. The minimum Gasteiger partial charge on any atom is -0.396 e. The number of nitrogens with zero attached hydrogens (tertiary/aromatic N) is 1. The van der Waals surface area contributed by atoms with Gasteiger partial charge in [-0.3, -0.25) is 19.4 Å². The molecule has 10 heteroatoms. The predicted octanol–water partition coefficient (Wildman–Crippen LogP) is 3.03. The second-order valence-corrected chi connectivity index (χ2v) is 10.6. The van der Waals surface area contributed by atoms with Crippen LogP contribution in [-0.4, -0.2) is 41.9 Å². The van der Waals surface area contributed by atoms with Gasteiger partial charge in [0.25, 0.3) is 0 Å². The number of carbonyl (C=O) groups is 3. The number of fused-ring (bicyclic) bond motifs is 2. The van der Waals surface area contributed by atoms with Crippen LogP contribution >= 0.6 is 0 Å². The van der Waals surface area contributed by atoms with Gasteiger partial charge in [-0.05, 0) is 41.7 Å². The van der Waals surface area contributed by atoms with E-state index in [1.165, 1.54) is 5.01 Å². The van der Waals surface area contributed by atoms with Crippen molar-refractivity contribution in [2.45, 2.75) is 39.8 Å². The molecule has 8 N–H and O–H groups in total. The SMILES string of the molecule is CCc1ccc(NC(=O)CNC(=O)C(NC(=O)CN(N)/C2=C(\N)c3ccccc3CNc3ccccc32)C(C)C)cc1. The Bertz CT molecular complexity index is 1470. The Labute approximate surface area is 246 Å². The van der Waals surface area contributed by atoms with Crippen LogP contribution in [-0.2, 0) is 27.3 Å². The van der Waals surface area contributed by atoms with Crippen LogP contribution in [0.2, 0.25) is 0 Å². The maximum atomic E-state index is 13.2. The van der Waals surface area contributed by atoms with Crippen molar-refractivity contribution < 1.29 is 14.4 Å². The summed E-state index contributed by atoms with van der Waals surface area (Å²) >= 11 is 0. The minimum absolute atomic E-state index is 0.233. The molecule has 1 atom stereocenters. The van der Waals surface area contributed by atoms with Gasteiger partial charge in [0.15, 0.2) is 0 Å². The highest BCUT2D eigenvalue weighted by atomic mass is 16.2. The van der Waals surface area contributed by atoms with Crippen molar-refractivity contribution in [3.05, 3.63) is 95.1 Å². The number of para-hydroxylation sites is 1. The van der Waals surface area contributed by atoms with E-state index in [-0.39, 0.29) is 24.9 Å². The summed E-state index contributed by atoms with van der Waals surface area (Å²) in [5, 5.41) is 12.9. The zero-order valence-corrected chi connectivity index (χ0v) is 24.2. The number of hydrogen-bond acceptors (Lipinski definition) is 7. The molecule has 1 aliphatic heterocycles. The minimum atomic E-state index is -0.874. The summed E-state index contributed by atoms with van der Waals surface area (Å²) in [4.78, 5) is 38.6. The summed E-state index contributed by atoms with van der Waals surface area (Å²) in [6.07, 6.45) is 0.901. The summed E-state index contributed by atoms with van der Waals surface area (Å²) in [7, 11) is 0. The lowest BCUT2D eigenvalue weighted by atomic mass is 9.97. The molecule has 0 aromatic heterocycles. The van der Waals surface area contributed by atoms with Crippen molar-refractivity contribution in [3.8, 4) is 0 Å². The molecule has 4 rings (SSSR count). The highest BCUT2D eigenvalue weighted by molar-refractivity contribution is 5.97. The van der Waals surface area contributed by atoms with Gasteiger partial charge in [0.2, 0.25) is 17.7 Å². The number of anilines is 2. The molecule has 0 saturated heterocycles. The average molecular weight is 570 g/mol. The molecule has 220 valence electrons. The Morgan fingerprint density at radius 3 is 2.29 bits per heavy atom. The maximum Gasteiger partial charge on any atom is 0.243 e. The summed E-state index contributed by atoms with van der Waals surface area (Å²) in [6, 6.07) is 22.0. The van der Waals surface area contributed by atoms with E-state index >= 15 is 0 Å². The van der Waals surface area contributed by atoms with E-state index < -0.39 is 17.9 Å². The smallest absolute Gasteiger partial charge is 0.243 e. The van der Waals surface area contributed by atoms with Crippen molar-refractivity contribution in [3.63, 3.8) is 0 Å². The Morgan fingerprint density at radius 2 is 1.60 bits per heavy atom. The average Bonchev–Trinajstić information content (AvgIpc) is 2.98. The van der Waals surface area contributed by atoms with Crippen molar-refractivity contribution in [2.75, 3.05) is 23.7 Å². The number of hydrogen-bond donors (Lipinski definition) is 6. The Morgan fingerprint density at radius 1 is 0.929 bits per heavy atom. The number of amides is 3. The zero-order valence-electron chi connectivity index (χ0n) is 24.2. The number of hydrazine groups is 1. The van der Waals surface area contributed by atoms with Gasteiger partial charge in [-0.15, -0.1) is 0 Å². The van der Waals surface area contributed by atoms with Crippen LogP contribution in [0, 0.1) is 5.92 Å². The van der Waals surface area contributed by atoms with E-state index in [1.54, 1.807) is 0 Å². The van der Waals surface area contributed by atoms with Gasteiger partial charge < -0.3 is 27.0 Å². The third-order valence-corrected chi connectivity index (χ3v) is 7.15. The molecule has 0 bridgehead atoms. The lowest BCUT2D eigenvalue weighted by Crippen LogP contribution is -2.53. The molecule has 1 aliphatic rings. The Hall–Kier alpha value is -4.83. The van der Waals surface area contributed by atoms with E-state index in [0.29, 0.717) is 23.6 Å². The molecule has 0 fully saturated rings. The second kappa shape index (κ2) is 13.7. The molecule has 42 heavy (non-hydrogen) atoms. The summed E-state index contributed by atoms with van der Waals surface area (Å²) < 4.78 is 0. The van der Waals surface area contributed by atoms with Crippen molar-refractivity contribution in [1.82, 2.24) is 15.6 Å². The number of nitrogens with one attached hydrogen (secondary N) is 4. The van der Waals surface area contributed by atoms with E-state index in [1.807, 2.05) is 86.6 Å². The summed E-state index contributed by atoms with van der Waals surface area (Å²) in [6.45, 7) is 5.78. The molecule has 1 unspecified atom stereocenters. The van der Waals surface area contributed by atoms with E-state index in [2.05, 4.69) is 28.2 Å². The first-order valence-corrected chi connectivity index (χ1v) is 14.1. The topological polar surface area (TPSA) is 155 Å². The van der Waals surface area contributed by atoms with Crippen LogP contribution < -0.4 is 32.8 Å². The van der Waals surface area contributed by atoms with Crippen LogP contribution in [0.25, 0.3) is 11.4 Å². The molecule has 3 aromatic carbocycles. The maximum absolute atomic E-state index is 13.2. The van der Waals surface area contributed by atoms with Gasteiger partial charge in [-0.25, -0.2) is 5.84 Å². The van der Waals surface area contributed by atoms with Crippen LogP contribution in [0.5, 0.6) is 0 Å². The van der Waals surface area contributed by atoms with Gasteiger partial charge in [0.05, 0.1) is 17.9 Å². The van der Waals surface area contributed by atoms with Gasteiger partial charge in [0.1, 0.15) is 12.6 Å². The normalized spacial score (nSPS) is 14.8. The molecule has 0 spiro atoms. The van der Waals surface area contributed by atoms with Crippen molar-refractivity contribution >= 4 is 40.5 Å². The number of benzene rings is 3. The molecule has 10 nitrogen and oxygen atoms in total. The molecule has 0 aliphatic carbocycles. The molecule has 0 radical (unpaired) electrons. The Kier molecular flexibility index (Phi) is 9.82. The molecular formula is C32H39N7O3. The van der Waals surface area contributed by atoms with Crippen LogP contribution in [0.4, 0.5) is 11.4 Å². The lowest BCUT2D eigenvalue weighted by molar-refractivity contribution is -0.131. The fourth-order valence-corrected chi connectivity index (χ4v) is 4.85. The lowest BCUT2D eigenvalue weighted by Gasteiger charge is -2.29.